The van der Waals surface area contributed by atoms with Gasteiger partial charge in [-0.05, 0) is 37.1 Å². The van der Waals surface area contributed by atoms with Gasteiger partial charge in [-0.2, -0.15) is 0 Å². The Hall–Kier alpha value is -2.20. The average Bonchev–Trinajstić information content (AvgIpc) is 2.86. The Kier molecular flexibility index (Phi) is 3.71. The van der Waals surface area contributed by atoms with Gasteiger partial charge in [-0.25, -0.2) is 0 Å². The van der Waals surface area contributed by atoms with Crippen LogP contribution in [0.1, 0.15) is 34.3 Å². The summed E-state index contributed by atoms with van der Waals surface area (Å²) < 4.78 is 2.44. The molecule has 0 fully saturated rings. The van der Waals surface area contributed by atoms with Crippen molar-refractivity contribution < 1.29 is 14.7 Å². The molecule has 0 spiro atoms. The van der Waals surface area contributed by atoms with Gasteiger partial charge < -0.3 is 5.11 Å². The summed E-state index contributed by atoms with van der Waals surface area (Å²) in [5, 5.41) is 11.0. The van der Waals surface area contributed by atoms with E-state index in [1.807, 2.05) is 25.1 Å². The second kappa shape index (κ2) is 5.54. The summed E-state index contributed by atoms with van der Waals surface area (Å²) in [5.41, 5.74) is 2.90. The highest BCUT2D eigenvalue weighted by Crippen LogP contribution is 2.38. The summed E-state index contributed by atoms with van der Waals surface area (Å²) in [7, 11) is 0. The molecular weight excluding hydrogens is 296 g/mol. The molecule has 1 N–H and O–H groups in total. The number of Topliss-reactive ketones (excluding diaryl/α,β-unsaturated/α-hetero) is 1. The highest BCUT2D eigenvalue weighted by atomic mass is 32.1. The third-order valence-corrected chi connectivity index (χ3v) is 5.36. The number of benzene rings is 2. The molecule has 0 atom stereocenters. The Morgan fingerprint density at radius 3 is 2.45 bits per heavy atom. The normalized spacial score (nSPS) is 11.2. The maximum atomic E-state index is 12.2. The van der Waals surface area contributed by atoms with Gasteiger partial charge in [0, 0.05) is 32.2 Å². The molecule has 1 aromatic heterocycles. The fraction of sp³-hybridized carbons (Fsp3) is 0.222. The molecule has 0 saturated heterocycles. The second-order valence-electron chi connectivity index (χ2n) is 5.54. The number of hydrogen-bond acceptors (Lipinski definition) is 3. The molecule has 112 valence electrons. The summed E-state index contributed by atoms with van der Waals surface area (Å²) in [6.45, 7) is 4.09. The van der Waals surface area contributed by atoms with Crippen LogP contribution in [-0.2, 0) is 4.79 Å². The van der Waals surface area contributed by atoms with Crippen molar-refractivity contribution in [2.24, 2.45) is 0 Å². The van der Waals surface area contributed by atoms with Crippen LogP contribution in [0.25, 0.3) is 20.2 Å². The Bertz CT molecular complexity index is 905. The summed E-state index contributed by atoms with van der Waals surface area (Å²) in [6.07, 6.45) is -0.0826. The number of thiophene rings is 1. The molecular formula is C18H16O3S. The number of hydrogen-bond donors (Lipinski definition) is 1. The lowest BCUT2D eigenvalue weighted by Crippen LogP contribution is -2.04. The van der Waals surface area contributed by atoms with Crippen LogP contribution in [0.15, 0.2) is 30.3 Å². The van der Waals surface area contributed by atoms with E-state index in [-0.39, 0.29) is 18.6 Å². The smallest absolute Gasteiger partial charge is 0.303 e. The number of fused-ring (bicyclic) bond motifs is 3. The average molecular weight is 312 g/mol. The van der Waals surface area contributed by atoms with Crippen LogP contribution in [0.4, 0.5) is 0 Å². The maximum absolute atomic E-state index is 12.2. The minimum absolute atomic E-state index is 0.0430. The van der Waals surface area contributed by atoms with Crippen molar-refractivity contribution in [2.75, 3.05) is 0 Å². The van der Waals surface area contributed by atoms with Gasteiger partial charge in [0.2, 0.25) is 0 Å². The summed E-state index contributed by atoms with van der Waals surface area (Å²) in [5.74, 6) is -1.05. The van der Waals surface area contributed by atoms with E-state index in [1.54, 1.807) is 11.3 Å². The number of carboxylic acid groups (broad SMARTS) is 1. The first-order valence-corrected chi connectivity index (χ1v) is 7.96. The van der Waals surface area contributed by atoms with Crippen LogP contribution in [0, 0.1) is 13.8 Å². The van der Waals surface area contributed by atoms with Gasteiger partial charge in [0.05, 0.1) is 6.42 Å². The molecule has 0 aliphatic heterocycles. The van der Waals surface area contributed by atoms with Crippen molar-refractivity contribution in [1.82, 2.24) is 0 Å². The Balaban J connectivity index is 2.15. The van der Waals surface area contributed by atoms with E-state index in [0.29, 0.717) is 5.56 Å². The van der Waals surface area contributed by atoms with Crippen LogP contribution < -0.4 is 0 Å². The van der Waals surface area contributed by atoms with Crippen LogP contribution in [0.3, 0.4) is 0 Å². The molecule has 0 aliphatic rings. The van der Waals surface area contributed by atoms with E-state index < -0.39 is 5.97 Å². The molecule has 4 heteroatoms. The Morgan fingerprint density at radius 2 is 1.73 bits per heavy atom. The first-order valence-electron chi connectivity index (χ1n) is 7.15. The molecule has 22 heavy (non-hydrogen) atoms. The van der Waals surface area contributed by atoms with Gasteiger partial charge in [-0.3, -0.25) is 9.59 Å². The molecule has 0 saturated carbocycles. The zero-order valence-electron chi connectivity index (χ0n) is 12.5. The SMILES string of the molecule is Cc1cccc2c1sc1c(C)cc(C(=O)CCC(=O)O)cc12. The second-order valence-corrected chi connectivity index (χ2v) is 6.56. The number of rotatable bonds is 4. The van der Waals surface area contributed by atoms with Crippen LogP contribution in [-0.4, -0.2) is 16.9 Å². The number of aryl methyl sites for hydroxylation is 2. The molecule has 2 aromatic carbocycles. The lowest BCUT2D eigenvalue weighted by atomic mass is 10.0. The van der Waals surface area contributed by atoms with Gasteiger partial charge in [0.15, 0.2) is 5.78 Å². The molecule has 0 radical (unpaired) electrons. The summed E-state index contributed by atoms with van der Waals surface area (Å²) in [4.78, 5) is 22.8. The molecule has 0 aliphatic carbocycles. The molecule has 3 rings (SSSR count). The van der Waals surface area contributed by atoms with Crippen molar-refractivity contribution in [2.45, 2.75) is 26.7 Å². The third kappa shape index (κ3) is 2.50. The lowest BCUT2D eigenvalue weighted by molar-refractivity contribution is -0.136. The first-order chi connectivity index (χ1) is 10.5. The quantitative estimate of drug-likeness (QED) is 0.709. The molecule has 0 bridgehead atoms. The summed E-state index contributed by atoms with van der Waals surface area (Å²) >= 11 is 1.75. The summed E-state index contributed by atoms with van der Waals surface area (Å²) in [6, 6.07) is 9.97. The van der Waals surface area contributed by atoms with Crippen LogP contribution >= 0.6 is 11.3 Å². The van der Waals surface area contributed by atoms with Gasteiger partial charge in [0.1, 0.15) is 0 Å². The number of carbonyl (C=O) groups excluding carboxylic acids is 1. The van der Waals surface area contributed by atoms with E-state index in [4.69, 9.17) is 5.11 Å². The van der Waals surface area contributed by atoms with Gasteiger partial charge in [-0.15, -0.1) is 11.3 Å². The zero-order chi connectivity index (χ0) is 15.9. The number of carbonyl (C=O) groups is 2. The van der Waals surface area contributed by atoms with Crippen molar-refractivity contribution in [3.8, 4) is 0 Å². The van der Waals surface area contributed by atoms with E-state index in [2.05, 4.69) is 19.1 Å². The minimum atomic E-state index is -0.942. The molecule has 3 aromatic rings. The van der Waals surface area contributed by atoms with Crippen molar-refractivity contribution >= 4 is 43.3 Å². The highest BCUT2D eigenvalue weighted by Gasteiger charge is 2.14. The van der Waals surface area contributed by atoms with Crippen LogP contribution in [0.2, 0.25) is 0 Å². The Morgan fingerprint density at radius 1 is 1.00 bits per heavy atom. The third-order valence-electron chi connectivity index (χ3n) is 3.87. The number of carboxylic acids is 1. The minimum Gasteiger partial charge on any atom is -0.481 e. The number of aliphatic carboxylic acids is 1. The molecule has 3 nitrogen and oxygen atoms in total. The van der Waals surface area contributed by atoms with Crippen LogP contribution in [0.5, 0.6) is 0 Å². The first kappa shape index (κ1) is 14.7. The van der Waals surface area contributed by atoms with E-state index >= 15 is 0 Å². The monoisotopic (exact) mass is 312 g/mol. The Labute approximate surface area is 132 Å². The van der Waals surface area contributed by atoms with Crippen molar-refractivity contribution in [3.63, 3.8) is 0 Å². The fourth-order valence-electron chi connectivity index (χ4n) is 2.74. The number of ketones is 1. The standard InChI is InChI=1S/C18H16O3S/c1-10-4-3-5-13-14-9-12(15(19)6-7-16(20)21)8-11(2)18(14)22-17(10)13/h3-5,8-9H,6-7H2,1-2H3,(H,20,21). The van der Waals surface area contributed by atoms with E-state index in [9.17, 15) is 9.59 Å². The predicted molar refractivity (Wildman–Crippen MR) is 90.0 cm³/mol. The largest absolute Gasteiger partial charge is 0.481 e. The predicted octanol–water partition coefficient (Wildman–Crippen LogP) is 4.72. The molecule has 0 unspecified atom stereocenters. The lowest BCUT2D eigenvalue weighted by Gasteiger charge is -2.03. The van der Waals surface area contributed by atoms with Gasteiger partial charge >= 0.3 is 5.97 Å². The highest BCUT2D eigenvalue weighted by molar-refractivity contribution is 7.26. The maximum Gasteiger partial charge on any atom is 0.303 e. The molecule has 0 amide bonds. The van der Waals surface area contributed by atoms with Crippen molar-refractivity contribution in [1.29, 1.82) is 0 Å². The topological polar surface area (TPSA) is 54.4 Å². The zero-order valence-corrected chi connectivity index (χ0v) is 13.3. The van der Waals surface area contributed by atoms with E-state index in [0.717, 1.165) is 16.3 Å². The molecule has 1 heterocycles. The fourth-order valence-corrected chi connectivity index (χ4v) is 3.96. The van der Waals surface area contributed by atoms with Gasteiger partial charge in [-0.1, -0.05) is 18.2 Å². The van der Waals surface area contributed by atoms with E-state index in [1.165, 1.54) is 15.0 Å². The van der Waals surface area contributed by atoms with Crippen molar-refractivity contribution in [3.05, 3.63) is 47.0 Å². The van der Waals surface area contributed by atoms with Gasteiger partial charge in [0.25, 0.3) is 0 Å².